The molecule has 0 aromatic heterocycles. The van der Waals surface area contributed by atoms with Crippen LogP contribution < -0.4 is 0 Å². The SMILES string of the molecule is O=C(O)[C@@H]1CCCN(C(=O)Cc2cccc(F)c2F)C1. The number of amides is 1. The number of hydrogen-bond acceptors (Lipinski definition) is 2. The minimum absolute atomic E-state index is 0.00699. The van der Waals surface area contributed by atoms with E-state index in [1.54, 1.807) is 0 Å². The zero-order chi connectivity index (χ0) is 14.7. The molecule has 0 spiro atoms. The fourth-order valence-electron chi connectivity index (χ4n) is 2.36. The summed E-state index contributed by atoms with van der Waals surface area (Å²) in [6.45, 7) is 0.588. The lowest BCUT2D eigenvalue weighted by Gasteiger charge is -2.30. The second-order valence-electron chi connectivity index (χ2n) is 4.91. The standard InChI is InChI=1S/C14H15F2NO3/c15-11-5-1-3-9(13(11)16)7-12(18)17-6-2-4-10(8-17)14(19)20/h1,3,5,10H,2,4,6-8H2,(H,19,20)/t10-/m1/s1. The van der Waals surface area contributed by atoms with Gasteiger partial charge in [0.2, 0.25) is 5.91 Å². The third kappa shape index (κ3) is 3.12. The Morgan fingerprint density at radius 3 is 2.80 bits per heavy atom. The van der Waals surface area contributed by atoms with Gasteiger partial charge in [0.15, 0.2) is 11.6 Å². The van der Waals surface area contributed by atoms with Gasteiger partial charge in [-0.15, -0.1) is 0 Å². The fraction of sp³-hybridized carbons (Fsp3) is 0.429. The van der Waals surface area contributed by atoms with Crippen LogP contribution in [0.25, 0.3) is 0 Å². The van der Waals surface area contributed by atoms with Crippen LogP contribution in [0.2, 0.25) is 0 Å². The molecule has 0 saturated carbocycles. The third-order valence-corrected chi connectivity index (χ3v) is 3.50. The Hall–Kier alpha value is -1.98. The number of carbonyl (C=O) groups excluding carboxylic acids is 1. The number of halogens is 2. The van der Waals surface area contributed by atoms with E-state index < -0.39 is 23.5 Å². The highest BCUT2D eigenvalue weighted by Gasteiger charge is 2.28. The van der Waals surface area contributed by atoms with E-state index in [4.69, 9.17) is 5.11 Å². The van der Waals surface area contributed by atoms with Gasteiger partial charge in [-0.1, -0.05) is 12.1 Å². The lowest BCUT2D eigenvalue weighted by atomic mass is 9.97. The average Bonchev–Trinajstić information content (AvgIpc) is 2.44. The van der Waals surface area contributed by atoms with Gasteiger partial charge in [-0.05, 0) is 18.9 Å². The van der Waals surface area contributed by atoms with Crippen molar-refractivity contribution in [2.75, 3.05) is 13.1 Å². The van der Waals surface area contributed by atoms with Crippen LogP contribution in [0.1, 0.15) is 18.4 Å². The summed E-state index contributed by atoms with van der Waals surface area (Å²) < 4.78 is 26.6. The van der Waals surface area contributed by atoms with Gasteiger partial charge in [-0.2, -0.15) is 0 Å². The highest BCUT2D eigenvalue weighted by atomic mass is 19.2. The van der Waals surface area contributed by atoms with E-state index in [0.29, 0.717) is 19.4 Å². The Morgan fingerprint density at radius 2 is 2.10 bits per heavy atom. The van der Waals surface area contributed by atoms with Crippen molar-refractivity contribution in [3.05, 3.63) is 35.4 Å². The minimum Gasteiger partial charge on any atom is -0.481 e. The quantitative estimate of drug-likeness (QED) is 0.920. The van der Waals surface area contributed by atoms with Crippen LogP contribution in [-0.4, -0.2) is 35.0 Å². The average molecular weight is 283 g/mol. The van der Waals surface area contributed by atoms with E-state index in [2.05, 4.69) is 0 Å². The van der Waals surface area contributed by atoms with E-state index in [-0.39, 0.29) is 24.4 Å². The predicted molar refractivity (Wildman–Crippen MR) is 67.0 cm³/mol. The van der Waals surface area contributed by atoms with Crippen LogP contribution in [0.15, 0.2) is 18.2 Å². The molecule has 2 rings (SSSR count). The summed E-state index contributed by atoms with van der Waals surface area (Å²) in [5.74, 6) is -3.89. The minimum atomic E-state index is -1.02. The van der Waals surface area contributed by atoms with Crippen molar-refractivity contribution in [3.63, 3.8) is 0 Å². The van der Waals surface area contributed by atoms with Crippen LogP contribution in [0, 0.1) is 17.6 Å². The summed E-state index contributed by atoms with van der Waals surface area (Å²) in [6.07, 6.45) is 0.887. The predicted octanol–water partition coefficient (Wildman–Crippen LogP) is 1.83. The summed E-state index contributed by atoms with van der Waals surface area (Å²) in [6, 6.07) is 3.69. The maximum absolute atomic E-state index is 13.5. The second kappa shape index (κ2) is 5.98. The molecule has 1 saturated heterocycles. The van der Waals surface area contributed by atoms with Crippen molar-refractivity contribution < 1.29 is 23.5 Å². The van der Waals surface area contributed by atoms with Gasteiger partial charge in [0.05, 0.1) is 12.3 Å². The molecule has 20 heavy (non-hydrogen) atoms. The number of carbonyl (C=O) groups is 2. The number of nitrogens with zero attached hydrogens (tertiary/aromatic N) is 1. The molecule has 1 amide bonds. The first kappa shape index (κ1) is 14.4. The summed E-state index contributed by atoms with van der Waals surface area (Å²) in [4.78, 5) is 24.4. The van der Waals surface area contributed by atoms with Crippen molar-refractivity contribution in [2.24, 2.45) is 5.92 Å². The maximum Gasteiger partial charge on any atom is 0.308 e. The van der Waals surface area contributed by atoms with Crippen molar-refractivity contribution >= 4 is 11.9 Å². The maximum atomic E-state index is 13.5. The van der Waals surface area contributed by atoms with E-state index >= 15 is 0 Å². The van der Waals surface area contributed by atoms with Crippen LogP contribution in [-0.2, 0) is 16.0 Å². The largest absolute Gasteiger partial charge is 0.481 e. The summed E-state index contributed by atoms with van der Waals surface area (Å²) >= 11 is 0. The molecule has 0 bridgehead atoms. The van der Waals surface area contributed by atoms with E-state index in [9.17, 15) is 18.4 Å². The topological polar surface area (TPSA) is 57.6 Å². The number of hydrogen-bond donors (Lipinski definition) is 1. The first-order valence-corrected chi connectivity index (χ1v) is 6.42. The van der Waals surface area contributed by atoms with Gasteiger partial charge in [0, 0.05) is 18.7 Å². The zero-order valence-electron chi connectivity index (χ0n) is 10.8. The second-order valence-corrected chi connectivity index (χ2v) is 4.91. The molecule has 1 atom stereocenters. The molecule has 1 fully saturated rings. The van der Waals surface area contributed by atoms with Crippen LogP contribution in [0.5, 0.6) is 0 Å². The van der Waals surface area contributed by atoms with E-state index in [0.717, 1.165) is 6.07 Å². The normalized spacial score (nSPS) is 18.9. The first-order valence-electron chi connectivity index (χ1n) is 6.42. The number of likely N-dealkylation sites (tertiary alicyclic amines) is 1. The number of benzene rings is 1. The molecule has 1 aliphatic rings. The van der Waals surface area contributed by atoms with Gasteiger partial charge in [-0.3, -0.25) is 9.59 Å². The monoisotopic (exact) mass is 283 g/mol. The van der Waals surface area contributed by atoms with Gasteiger partial charge < -0.3 is 10.0 Å². The molecule has 1 N–H and O–H groups in total. The molecule has 1 aromatic rings. The summed E-state index contributed by atoms with van der Waals surface area (Å²) in [5.41, 5.74) is -0.00699. The van der Waals surface area contributed by atoms with E-state index in [1.165, 1.54) is 17.0 Å². The molecular weight excluding hydrogens is 268 g/mol. The molecular formula is C14H15F2NO3. The number of rotatable bonds is 3. The Morgan fingerprint density at radius 1 is 1.35 bits per heavy atom. The van der Waals surface area contributed by atoms with Gasteiger partial charge >= 0.3 is 5.97 Å². The first-order chi connectivity index (χ1) is 9.49. The summed E-state index contributed by atoms with van der Waals surface area (Å²) in [5, 5.41) is 8.96. The zero-order valence-corrected chi connectivity index (χ0v) is 10.8. The molecule has 108 valence electrons. The fourth-order valence-corrected chi connectivity index (χ4v) is 2.36. The molecule has 1 heterocycles. The Balaban J connectivity index is 2.04. The van der Waals surface area contributed by atoms with Gasteiger partial charge in [0.25, 0.3) is 0 Å². The molecule has 0 radical (unpaired) electrons. The lowest BCUT2D eigenvalue weighted by molar-refractivity contribution is -0.145. The van der Waals surface area contributed by atoms with Crippen molar-refractivity contribution in [2.45, 2.75) is 19.3 Å². The van der Waals surface area contributed by atoms with Gasteiger partial charge in [0.1, 0.15) is 0 Å². The summed E-state index contributed by atoms with van der Waals surface area (Å²) in [7, 11) is 0. The van der Waals surface area contributed by atoms with Gasteiger partial charge in [-0.25, -0.2) is 8.78 Å². The van der Waals surface area contributed by atoms with Crippen LogP contribution >= 0.6 is 0 Å². The smallest absolute Gasteiger partial charge is 0.308 e. The number of carboxylic acids is 1. The van der Waals surface area contributed by atoms with Crippen molar-refractivity contribution in [1.29, 1.82) is 0 Å². The Kier molecular flexibility index (Phi) is 4.32. The van der Waals surface area contributed by atoms with Crippen molar-refractivity contribution in [1.82, 2.24) is 4.90 Å². The number of piperidine rings is 1. The Bertz CT molecular complexity index is 533. The van der Waals surface area contributed by atoms with Crippen molar-refractivity contribution in [3.8, 4) is 0 Å². The van der Waals surface area contributed by atoms with Crippen LogP contribution in [0.3, 0.4) is 0 Å². The number of aliphatic carboxylic acids is 1. The van der Waals surface area contributed by atoms with Crippen LogP contribution in [0.4, 0.5) is 8.78 Å². The molecule has 0 aliphatic carbocycles. The molecule has 6 heteroatoms. The highest BCUT2D eigenvalue weighted by molar-refractivity contribution is 5.80. The Labute approximate surface area is 115 Å². The molecule has 1 aliphatic heterocycles. The molecule has 1 aromatic carbocycles. The lowest BCUT2D eigenvalue weighted by Crippen LogP contribution is -2.43. The highest BCUT2D eigenvalue weighted by Crippen LogP contribution is 2.19. The molecule has 0 unspecified atom stereocenters. The third-order valence-electron chi connectivity index (χ3n) is 3.50. The molecule has 4 nitrogen and oxygen atoms in total. The van der Waals surface area contributed by atoms with E-state index in [1.807, 2.05) is 0 Å². The number of carboxylic acid groups (broad SMARTS) is 1.